The summed E-state index contributed by atoms with van der Waals surface area (Å²) in [6.45, 7) is 0. The van der Waals surface area contributed by atoms with E-state index in [4.69, 9.17) is 4.42 Å². The van der Waals surface area contributed by atoms with Gasteiger partial charge in [-0.05, 0) is 34.1 Å². The number of furan rings is 1. The second-order valence-corrected chi connectivity index (χ2v) is 4.79. The lowest BCUT2D eigenvalue weighted by atomic mass is 10.2. The SMILES string of the molecule is Cn1nccc1C(=O)c1cc2cccc(Br)c2o1. The Morgan fingerprint density at radius 3 is 2.89 bits per heavy atom. The van der Waals surface area contributed by atoms with Crippen molar-refractivity contribution in [1.82, 2.24) is 9.78 Å². The molecule has 0 saturated heterocycles. The Morgan fingerprint density at radius 2 is 2.22 bits per heavy atom. The van der Waals surface area contributed by atoms with E-state index in [1.807, 2.05) is 18.2 Å². The summed E-state index contributed by atoms with van der Waals surface area (Å²) in [5.41, 5.74) is 1.19. The Bertz CT molecular complexity index is 742. The number of nitrogens with zero attached hydrogens (tertiary/aromatic N) is 2. The number of hydrogen-bond acceptors (Lipinski definition) is 3. The van der Waals surface area contributed by atoms with Gasteiger partial charge in [-0.15, -0.1) is 0 Å². The number of aryl methyl sites for hydroxylation is 1. The molecule has 3 aromatic rings. The third-order valence-corrected chi connectivity index (χ3v) is 3.40. The van der Waals surface area contributed by atoms with E-state index in [1.54, 1.807) is 25.4 Å². The van der Waals surface area contributed by atoms with E-state index in [2.05, 4.69) is 21.0 Å². The zero-order valence-electron chi connectivity index (χ0n) is 9.55. The van der Waals surface area contributed by atoms with Gasteiger partial charge in [0.05, 0.1) is 4.47 Å². The van der Waals surface area contributed by atoms with Gasteiger partial charge in [0.15, 0.2) is 5.76 Å². The second kappa shape index (κ2) is 4.10. The van der Waals surface area contributed by atoms with Crippen molar-refractivity contribution in [3.05, 3.63) is 52.5 Å². The first-order chi connectivity index (χ1) is 8.66. The molecule has 0 aliphatic carbocycles. The van der Waals surface area contributed by atoms with Crippen molar-refractivity contribution >= 4 is 32.7 Å². The minimum absolute atomic E-state index is 0.168. The molecule has 3 rings (SSSR count). The van der Waals surface area contributed by atoms with Gasteiger partial charge in [-0.25, -0.2) is 0 Å². The minimum Gasteiger partial charge on any atom is -0.451 e. The Balaban J connectivity index is 2.13. The van der Waals surface area contributed by atoms with Crippen molar-refractivity contribution < 1.29 is 9.21 Å². The van der Waals surface area contributed by atoms with Crippen molar-refractivity contribution in [2.75, 3.05) is 0 Å². The zero-order chi connectivity index (χ0) is 12.7. The van der Waals surface area contributed by atoms with Crippen LogP contribution in [-0.4, -0.2) is 15.6 Å². The smallest absolute Gasteiger partial charge is 0.246 e. The minimum atomic E-state index is -0.168. The molecule has 0 amide bonds. The lowest BCUT2D eigenvalue weighted by molar-refractivity contribution is 0.100. The maximum atomic E-state index is 12.2. The van der Waals surface area contributed by atoms with Gasteiger partial charge in [0.25, 0.3) is 0 Å². The molecule has 0 aliphatic rings. The number of rotatable bonds is 2. The van der Waals surface area contributed by atoms with Crippen LogP contribution in [0.5, 0.6) is 0 Å². The Morgan fingerprint density at radius 1 is 1.39 bits per heavy atom. The number of ketones is 1. The lowest BCUT2D eigenvalue weighted by Gasteiger charge is -1.97. The van der Waals surface area contributed by atoms with Crippen LogP contribution in [0.15, 0.2) is 45.4 Å². The highest BCUT2D eigenvalue weighted by Crippen LogP contribution is 2.27. The first kappa shape index (κ1) is 11.2. The number of aromatic nitrogens is 2. The van der Waals surface area contributed by atoms with Gasteiger partial charge in [-0.2, -0.15) is 5.10 Å². The number of fused-ring (bicyclic) bond motifs is 1. The molecule has 0 saturated carbocycles. The quantitative estimate of drug-likeness (QED) is 0.683. The van der Waals surface area contributed by atoms with Crippen LogP contribution in [-0.2, 0) is 7.05 Å². The molecule has 0 bridgehead atoms. The lowest BCUT2D eigenvalue weighted by Crippen LogP contribution is -2.07. The fourth-order valence-electron chi connectivity index (χ4n) is 1.86. The summed E-state index contributed by atoms with van der Waals surface area (Å²) in [5.74, 6) is 0.151. The fourth-order valence-corrected chi connectivity index (χ4v) is 2.32. The van der Waals surface area contributed by atoms with E-state index in [9.17, 15) is 4.79 Å². The summed E-state index contributed by atoms with van der Waals surface area (Å²) in [5, 5.41) is 4.88. The van der Waals surface area contributed by atoms with E-state index in [-0.39, 0.29) is 5.78 Å². The number of para-hydroxylation sites is 1. The Hall–Kier alpha value is -1.88. The number of halogens is 1. The summed E-state index contributed by atoms with van der Waals surface area (Å²) in [6.07, 6.45) is 1.59. The largest absolute Gasteiger partial charge is 0.451 e. The summed E-state index contributed by atoms with van der Waals surface area (Å²) in [4.78, 5) is 12.2. The molecule has 2 heterocycles. The second-order valence-electron chi connectivity index (χ2n) is 3.94. The van der Waals surface area contributed by atoms with Crippen LogP contribution in [0.3, 0.4) is 0 Å². The molecule has 90 valence electrons. The zero-order valence-corrected chi connectivity index (χ0v) is 11.1. The van der Waals surface area contributed by atoms with Crippen molar-refractivity contribution in [2.45, 2.75) is 0 Å². The monoisotopic (exact) mass is 304 g/mol. The first-order valence-corrected chi connectivity index (χ1v) is 6.17. The van der Waals surface area contributed by atoms with Crippen LogP contribution in [0.2, 0.25) is 0 Å². The average molecular weight is 305 g/mol. The molecule has 0 aliphatic heterocycles. The average Bonchev–Trinajstić information content (AvgIpc) is 2.95. The van der Waals surface area contributed by atoms with Crippen molar-refractivity contribution in [3.8, 4) is 0 Å². The topological polar surface area (TPSA) is 48.0 Å². The molecule has 4 nitrogen and oxygen atoms in total. The molecule has 5 heteroatoms. The normalized spacial score (nSPS) is 11.0. The maximum absolute atomic E-state index is 12.2. The number of carbonyl (C=O) groups excluding carboxylic acids is 1. The Kier molecular flexibility index (Phi) is 2.56. The van der Waals surface area contributed by atoms with Crippen LogP contribution in [0.1, 0.15) is 16.2 Å². The van der Waals surface area contributed by atoms with Gasteiger partial charge in [0.2, 0.25) is 5.78 Å². The van der Waals surface area contributed by atoms with Gasteiger partial charge in [-0.3, -0.25) is 9.48 Å². The number of hydrogen-bond donors (Lipinski definition) is 0. The van der Waals surface area contributed by atoms with E-state index < -0.39 is 0 Å². The van der Waals surface area contributed by atoms with E-state index in [0.717, 1.165) is 9.86 Å². The van der Waals surface area contributed by atoms with Crippen molar-refractivity contribution in [3.63, 3.8) is 0 Å². The van der Waals surface area contributed by atoms with Crippen molar-refractivity contribution in [2.24, 2.45) is 7.05 Å². The molecule has 1 aromatic carbocycles. The van der Waals surface area contributed by atoms with E-state index in [0.29, 0.717) is 17.0 Å². The van der Waals surface area contributed by atoms with Gasteiger partial charge in [0.1, 0.15) is 11.3 Å². The summed E-state index contributed by atoms with van der Waals surface area (Å²) >= 11 is 3.40. The van der Waals surface area contributed by atoms with Crippen LogP contribution < -0.4 is 0 Å². The molecule has 0 unspecified atom stereocenters. The molecule has 2 aromatic heterocycles. The summed E-state index contributed by atoms with van der Waals surface area (Å²) < 4.78 is 7.97. The van der Waals surface area contributed by atoms with Gasteiger partial charge < -0.3 is 4.42 Å². The fraction of sp³-hybridized carbons (Fsp3) is 0.0769. The molecule has 0 fully saturated rings. The number of carbonyl (C=O) groups is 1. The van der Waals surface area contributed by atoms with Crippen molar-refractivity contribution in [1.29, 1.82) is 0 Å². The van der Waals surface area contributed by atoms with Crippen LogP contribution >= 0.6 is 15.9 Å². The molecular weight excluding hydrogens is 296 g/mol. The van der Waals surface area contributed by atoms with E-state index in [1.165, 1.54) is 4.68 Å². The highest BCUT2D eigenvalue weighted by molar-refractivity contribution is 9.10. The maximum Gasteiger partial charge on any atom is 0.246 e. The third kappa shape index (κ3) is 1.67. The molecule has 0 atom stereocenters. The highest BCUT2D eigenvalue weighted by atomic mass is 79.9. The highest BCUT2D eigenvalue weighted by Gasteiger charge is 2.18. The summed E-state index contributed by atoms with van der Waals surface area (Å²) in [7, 11) is 1.73. The molecule has 0 N–H and O–H groups in total. The molecule has 0 radical (unpaired) electrons. The predicted octanol–water partition coefficient (Wildman–Crippen LogP) is 3.16. The van der Waals surface area contributed by atoms with Crippen LogP contribution in [0.4, 0.5) is 0 Å². The van der Waals surface area contributed by atoms with Crippen LogP contribution in [0.25, 0.3) is 11.0 Å². The van der Waals surface area contributed by atoms with Gasteiger partial charge in [0, 0.05) is 18.6 Å². The van der Waals surface area contributed by atoms with Crippen LogP contribution in [0, 0.1) is 0 Å². The number of benzene rings is 1. The van der Waals surface area contributed by atoms with Gasteiger partial charge >= 0.3 is 0 Å². The third-order valence-electron chi connectivity index (χ3n) is 2.77. The summed E-state index contributed by atoms with van der Waals surface area (Å²) in [6, 6.07) is 9.11. The van der Waals surface area contributed by atoms with Gasteiger partial charge in [-0.1, -0.05) is 12.1 Å². The predicted molar refractivity (Wildman–Crippen MR) is 70.6 cm³/mol. The first-order valence-electron chi connectivity index (χ1n) is 5.37. The molecular formula is C13H9BrN2O2. The Labute approximate surface area is 111 Å². The van der Waals surface area contributed by atoms with E-state index >= 15 is 0 Å². The standard InChI is InChI=1S/C13H9BrN2O2/c1-16-10(5-6-15-16)12(17)11-7-8-3-2-4-9(14)13(8)18-11/h2-7H,1H3. The molecule has 0 spiro atoms. The molecule has 18 heavy (non-hydrogen) atoms.